The second-order valence-electron chi connectivity index (χ2n) is 7.53. The van der Waals surface area contributed by atoms with Crippen molar-refractivity contribution in [3.8, 4) is 0 Å². The molecule has 0 aromatic heterocycles. The molecule has 1 saturated carbocycles. The number of carbonyl (C=O) groups is 2. The predicted molar refractivity (Wildman–Crippen MR) is 83.0 cm³/mol. The molecule has 122 valence electrons. The number of hydrogen-bond donors (Lipinski definition) is 2. The number of rotatable bonds is 4. The van der Waals surface area contributed by atoms with E-state index in [1.165, 1.54) is 12.8 Å². The van der Waals surface area contributed by atoms with Gasteiger partial charge in [0.05, 0.1) is 0 Å². The first kappa shape index (κ1) is 17.8. The van der Waals surface area contributed by atoms with Gasteiger partial charge in [-0.2, -0.15) is 0 Å². The van der Waals surface area contributed by atoms with E-state index in [0.717, 1.165) is 12.8 Å². The number of amides is 2. The van der Waals surface area contributed by atoms with E-state index in [9.17, 15) is 9.59 Å². The molecular weight excluding hydrogens is 268 g/mol. The Bertz CT molecular complexity index is 372. The summed E-state index contributed by atoms with van der Waals surface area (Å²) < 4.78 is 5.12. The fraction of sp³-hybridized carbons (Fsp3) is 0.875. The summed E-state index contributed by atoms with van der Waals surface area (Å²) in [4.78, 5) is 23.4. The highest BCUT2D eigenvalue weighted by molar-refractivity contribution is 5.77. The van der Waals surface area contributed by atoms with Crippen molar-refractivity contribution in [1.82, 2.24) is 10.6 Å². The van der Waals surface area contributed by atoms with Crippen molar-refractivity contribution < 1.29 is 14.3 Å². The van der Waals surface area contributed by atoms with E-state index in [4.69, 9.17) is 4.74 Å². The molecule has 21 heavy (non-hydrogen) atoms. The molecular formula is C16H30N2O3. The van der Waals surface area contributed by atoms with Crippen molar-refractivity contribution in [3.05, 3.63) is 0 Å². The number of ether oxygens (including phenoxy) is 1. The largest absolute Gasteiger partial charge is 0.444 e. The smallest absolute Gasteiger partial charge is 0.407 e. The summed E-state index contributed by atoms with van der Waals surface area (Å²) >= 11 is 0. The van der Waals surface area contributed by atoms with Crippen LogP contribution >= 0.6 is 0 Å². The Hall–Kier alpha value is -1.26. The standard InChI is InChI=1S/C16H30N2O3/c1-15(2,3)21-14(20)17-11-9-13(19)18-12-8-6-7-10-16(12,4)5/h12H,6-11H2,1-5H3,(H,17,20)(H,18,19). The Morgan fingerprint density at radius 2 is 1.90 bits per heavy atom. The summed E-state index contributed by atoms with van der Waals surface area (Å²) in [7, 11) is 0. The number of hydrogen-bond acceptors (Lipinski definition) is 3. The molecule has 0 spiro atoms. The average molecular weight is 298 g/mol. The number of carbonyl (C=O) groups excluding carboxylic acids is 2. The van der Waals surface area contributed by atoms with Crippen molar-refractivity contribution in [3.63, 3.8) is 0 Å². The normalized spacial score (nSPS) is 21.5. The third kappa shape index (κ3) is 6.82. The fourth-order valence-electron chi connectivity index (χ4n) is 2.62. The summed E-state index contributed by atoms with van der Waals surface area (Å²) in [6.45, 7) is 10.1. The lowest BCUT2D eigenvalue weighted by molar-refractivity contribution is -0.122. The lowest BCUT2D eigenvalue weighted by Crippen LogP contribution is -2.47. The van der Waals surface area contributed by atoms with Crippen LogP contribution in [0.3, 0.4) is 0 Å². The molecule has 5 heteroatoms. The van der Waals surface area contributed by atoms with Gasteiger partial charge in [-0.3, -0.25) is 4.79 Å². The zero-order valence-corrected chi connectivity index (χ0v) is 14.0. The van der Waals surface area contributed by atoms with Crippen LogP contribution in [0.5, 0.6) is 0 Å². The first-order valence-corrected chi connectivity index (χ1v) is 7.86. The van der Waals surface area contributed by atoms with Gasteiger partial charge in [0, 0.05) is 19.0 Å². The molecule has 1 fully saturated rings. The summed E-state index contributed by atoms with van der Waals surface area (Å²) in [5, 5.41) is 5.71. The molecule has 0 aromatic rings. The average Bonchev–Trinajstić information content (AvgIpc) is 2.29. The minimum Gasteiger partial charge on any atom is -0.444 e. The van der Waals surface area contributed by atoms with Crippen LogP contribution in [0.2, 0.25) is 0 Å². The van der Waals surface area contributed by atoms with Crippen LogP contribution in [0.4, 0.5) is 4.79 Å². The predicted octanol–water partition coefficient (Wildman–Crippen LogP) is 2.99. The van der Waals surface area contributed by atoms with Crippen LogP contribution in [-0.2, 0) is 9.53 Å². The van der Waals surface area contributed by atoms with Crippen molar-refractivity contribution >= 4 is 12.0 Å². The molecule has 2 amide bonds. The van der Waals surface area contributed by atoms with Crippen molar-refractivity contribution in [2.75, 3.05) is 6.54 Å². The van der Waals surface area contributed by atoms with Gasteiger partial charge < -0.3 is 15.4 Å². The van der Waals surface area contributed by atoms with Crippen LogP contribution in [0.1, 0.15) is 66.7 Å². The highest BCUT2D eigenvalue weighted by Gasteiger charge is 2.32. The molecule has 5 nitrogen and oxygen atoms in total. The first-order valence-electron chi connectivity index (χ1n) is 7.86. The van der Waals surface area contributed by atoms with Gasteiger partial charge in [-0.05, 0) is 39.0 Å². The van der Waals surface area contributed by atoms with E-state index < -0.39 is 11.7 Å². The van der Waals surface area contributed by atoms with Gasteiger partial charge >= 0.3 is 6.09 Å². The molecule has 0 aromatic carbocycles. The SMILES string of the molecule is CC(C)(C)OC(=O)NCCC(=O)NC1CCCCC1(C)C. The maximum absolute atomic E-state index is 12.0. The topological polar surface area (TPSA) is 67.4 Å². The van der Waals surface area contributed by atoms with Crippen LogP contribution in [0, 0.1) is 5.41 Å². The van der Waals surface area contributed by atoms with Crippen LogP contribution in [-0.4, -0.2) is 30.2 Å². The Labute approximate surface area is 128 Å². The molecule has 1 aliphatic carbocycles. The lowest BCUT2D eigenvalue weighted by Gasteiger charge is -2.39. The van der Waals surface area contributed by atoms with E-state index >= 15 is 0 Å². The fourth-order valence-corrected chi connectivity index (χ4v) is 2.62. The van der Waals surface area contributed by atoms with Gasteiger partial charge in [-0.25, -0.2) is 4.79 Å². The van der Waals surface area contributed by atoms with Gasteiger partial charge in [-0.15, -0.1) is 0 Å². The maximum atomic E-state index is 12.0. The Kier molecular flexibility index (Phi) is 6.05. The van der Waals surface area contributed by atoms with Crippen LogP contribution in [0.15, 0.2) is 0 Å². The van der Waals surface area contributed by atoms with E-state index in [0.29, 0.717) is 6.54 Å². The molecule has 2 N–H and O–H groups in total. The van der Waals surface area contributed by atoms with Gasteiger partial charge in [0.25, 0.3) is 0 Å². The zero-order valence-electron chi connectivity index (χ0n) is 14.0. The maximum Gasteiger partial charge on any atom is 0.407 e. The quantitative estimate of drug-likeness (QED) is 0.838. The van der Waals surface area contributed by atoms with E-state index in [1.807, 2.05) is 20.8 Å². The minimum atomic E-state index is -0.515. The van der Waals surface area contributed by atoms with Gasteiger partial charge in [0.2, 0.25) is 5.91 Å². The van der Waals surface area contributed by atoms with E-state index in [1.54, 1.807) is 0 Å². The van der Waals surface area contributed by atoms with Crippen molar-refractivity contribution in [2.45, 2.75) is 78.4 Å². The van der Waals surface area contributed by atoms with E-state index in [-0.39, 0.29) is 23.8 Å². The van der Waals surface area contributed by atoms with Crippen LogP contribution < -0.4 is 10.6 Å². The highest BCUT2D eigenvalue weighted by atomic mass is 16.6. The second kappa shape index (κ2) is 7.14. The Morgan fingerprint density at radius 3 is 2.48 bits per heavy atom. The van der Waals surface area contributed by atoms with Gasteiger partial charge in [-0.1, -0.05) is 26.7 Å². The third-order valence-corrected chi connectivity index (χ3v) is 3.86. The third-order valence-electron chi connectivity index (χ3n) is 3.86. The monoisotopic (exact) mass is 298 g/mol. The van der Waals surface area contributed by atoms with Crippen molar-refractivity contribution in [1.29, 1.82) is 0 Å². The summed E-state index contributed by atoms with van der Waals surface area (Å²) in [6.07, 6.45) is 4.40. The summed E-state index contributed by atoms with van der Waals surface area (Å²) in [5.74, 6) is -0.00830. The number of nitrogens with one attached hydrogen (secondary N) is 2. The molecule has 0 aliphatic heterocycles. The molecule has 0 bridgehead atoms. The van der Waals surface area contributed by atoms with Crippen molar-refractivity contribution in [2.24, 2.45) is 5.41 Å². The Balaban J connectivity index is 2.27. The molecule has 1 unspecified atom stereocenters. The molecule has 1 rings (SSSR count). The second-order valence-corrected chi connectivity index (χ2v) is 7.53. The minimum absolute atomic E-state index is 0.00830. The zero-order chi connectivity index (χ0) is 16.1. The Morgan fingerprint density at radius 1 is 1.24 bits per heavy atom. The van der Waals surface area contributed by atoms with Gasteiger partial charge in [0.15, 0.2) is 0 Å². The van der Waals surface area contributed by atoms with Crippen LogP contribution in [0.25, 0.3) is 0 Å². The number of alkyl carbamates (subject to hydrolysis) is 1. The highest BCUT2D eigenvalue weighted by Crippen LogP contribution is 2.35. The molecule has 0 saturated heterocycles. The molecule has 0 radical (unpaired) electrons. The van der Waals surface area contributed by atoms with E-state index in [2.05, 4.69) is 24.5 Å². The molecule has 1 atom stereocenters. The summed E-state index contributed by atoms with van der Waals surface area (Å²) in [5.41, 5.74) is -0.356. The molecule has 1 aliphatic rings. The lowest BCUT2D eigenvalue weighted by atomic mass is 9.73. The first-order chi connectivity index (χ1) is 9.60. The van der Waals surface area contributed by atoms with Gasteiger partial charge in [0.1, 0.15) is 5.60 Å². The summed E-state index contributed by atoms with van der Waals surface area (Å²) in [6, 6.07) is 0.236. The molecule has 0 heterocycles.